The molecule has 2 heterocycles. The van der Waals surface area contributed by atoms with E-state index in [9.17, 15) is 19.2 Å². The Morgan fingerprint density at radius 3 is 1.07 bits per heavy atom. The lowest BCUT2D eigenvalue weighted by Gasteiger charge is -2.38. The number of hydrogen-bond donors (Lipinski definition) is 2. The van der Waals surface area contributed by atoms with Crippen LogP contribution in [-0.2, 0) is 19.1 Å². The van der Waals surface area contributed by atoms with Crippen LogP contribution in [0.5, 0.6) is 0 Å². The van der Waals surface area contributed by atoms with Crippen LogP contribution in [0.1, 0.15) is 89.9 Å². The summed E-state index contributed by atoms with van der Waals surface area (Å²) in [6, 6.07) is 0. The summed E-state index contributed by atoms with van der Waals surface area (Å²) in [7, 11) is 0. The summed E-state index contributed by atoms with van der Waals surface area (Å²) in [4.78, 5) is 59.3. The van der Waals surface area contributed by atoms with Crippen LogP contribution in [0.3, 0.4) is 0 Å². The molecule has 5 aliphatic rings. The van der Waals surface area contributed by atoms with E-state index in [2.05, 4.69) is 0 Å². The zero-order valence-electron chi connectivity index (χ0n) is 27.8. The topological polar surface area (TPSA) is 152 Å². The third-order valence-corrected chi connectivity index (χ3v) is 11.4. The Morgan fingerprint density at radius 2 is 0.761 bits per heavy atom. The molecule has 0 atom stereocenters. The maximum Gasteiger partial charge on any atom is 0.410 e. The summed E-state index contributed by atoms with van der Waals surface area (Å²) < 4.78 is 11.8. The quantitative estimate of drug-likeness (QED) is 0.447. The molecule has 0 radical (unpaired) electrons. The second-order valence-corrected chi connectivity index (χ2v) is 14.4. The number of nitrogens with two attached hydrogens (primary N) is 2. The summed E-state index contributed by atoms with van der Waals surface area (Å²) >= 11 is 0. The third-order valence-electron chi connectivity index (χ3n) is 11.4. The number of ether oxygens (including phenoxy) is 2. The number of amides is 4. The molecule has 4 amide bonds. The average Bonchev–Trinajstić information content (AvgIpc) is 3.09. The van der Waals surface area contributed by atoms with Gasteiger partial charge in [-0.25, -0.2) is 9.59 Å². The van der Waals surface area contributed by atoms with Gasteiger partial charge < -0.3 is 40.5 Å². The zero-order valence-corrected chi connectivity index (χ0v) is 27.8. The summed E-state index contributed by atoms with van der Waals surface area (Å²) in [5.41, 5.74) is 11.6. The highest BCUT2D eigenvalue weighted by atomic mass is 16.6. The molecule has 2 aliphatic heterocycles. The van der Waals surface area contributed by atoms with Crippen molar-refractivity contribution in [2.24, 2.45) is 35.1 Å². The second kappa shape index (κ2) is 17.0. The average molecular weight is 647 g/mol. The van der Waals surface area contributed by atoms with Crippen molar-refractivity contribution in [3.8, 4) is 0 Å². The minimum atomic E-state index is -0.287. The van der Waals surface area contributed by atoms with Gasteiger partial charge in [-0.1, -0.05) is 0 Å². The molecule has 2 saturated heterocycles. The van der Waals surface area contributed by atoms with Gasteiger partial charge in [0.1, 0.15) is 12.2 Å². The van der Waals surface area contributed by atoms with Gasteiger partial charge in [-0.2, -0.15) is 0 Å². The van der Waals surface area contributed by atoms with E-state index in [1.54, 1.807) is 9.80 Å². The van der Waals surface area contributed by atoms with Crippen molar-refractivity contribution >= 4 is 24.0 Å². The molecule has 0 aromatic heterocycles. The van der Waals surface area contributed by atoms with Gasteiger partial charge in [-0.3, -0.25) is 9.59 Å². The Kier molecular flexibility index (Phi) is 12.8. The molecule has 0 bridgehead atoms. The van der Waals surface area contributed by atoms with E-state index in [0.29, 0.717) is 77.3 Å². The van der Waals surface area contributed by atoms with Crippen LogP contribution in [-0.4, -0.2) is 121 Å². The van der Waals surface area contributed by atoms with Gasteiger partial charge in [0.2, 0.25) is 11.8 Å². The molecule has 260 valence electrons. The maximum absolute atomic E-state index is 13.0. The van der Waals surface area contributed by atoms with Crippen LogP contribution in [0, 0.1) is 23.7 Å². The number of carbonyl (C=O) groups is 4. The highest BCUT2D eigenvalue weighted by Gasteiger charge is 2.34. The van der Waals surface area contributed by atoms with E-state index in [0.717, 1.165) is 89.9 Å². The van der Waals surface area contributed by atoms with E-state index in [4.69, 9.17) is 20.9 Å². The van der Waals surface area contributed by atoms with Crippen molar-refractivity contribution in [1.82, 2.24) is 19.6 Å². The molecule has 46 heavy (non-hydrogen) atoms. The van der Waals surface area contributed by atoms with E-state index in [1.165, 1.54) is 0 Å². The van der Waals surface area contributed by atoms with Crippen molar-refractivity contribution in [3.63, 3.8) is 0 Å². The first-order valence-corrected chi connectivity index (χ1v) is 18.2. The molecular formula is C34H58N6O6. The molecule has 3 aliphatic carbocycles. The lowest BCUT2D eigenvalue weighted by Crippen LogP contribution is -2.53. The van der Waals surface area contributed by atoms with Crippen LogP contribution in [0.15, 0.2) is 0 Å². The van der Waals surface area contributed by atoms with Crippen LogP contribution >= 0.6 is 0 Å². The van der Waals surface area contributed by atoms with Crippen LogP contribution in [0.25, 0.3) is 0 Å². The first-order valence-electron chi connectivity index (χ1n) is 18.2. The van der Waals surface area contributed by atoms with E-state index in [-0.39, 0.29) is 48.0 Å². The summed E-state index contributed by atoms with van der Waals surface area (Å²) in [5, 5.41) is 0. The highest BCUT2D eigenvalue weighted by molar-refractivity contribution is 5.80. The van der Waals surface area contributed by atoms with E-state index < -0.39 is 0 Å². The molecule has 0 aromatic carbocycles. The van der Waals surface area contributed by atoms with Crippen molar-refractivity contribution < 1.29 is 28.7 Å². The third kappa shape index (κ3) is 9.27. The highest BCUT2D eigenvalue weighted by Crippen LogP contribution is 2.31. The molecule has 12 heteroatoms. The standard InChI is InChI=1S/C34H58N6O6/c35-23-25-7-11-27(12-8-25)31(41)37-15-19-39(20-16-37)33(43)45-29-3-1-4-30(6-2-5-29)46-34(44)40-21-17-38(18-22-40)32(42)28-13-9-26(24-36)10-14-28/h25-30H,1-24,35-36H2. The van der Waals surface area contributed by atoms with Crippen molar-refractivity contribution in [3.05, 3.63) is 0 Å². The molecule has 4 N–H and O–H groups in total. The molecule has 0 spiro atoms. The van der Waals surface area contributed by atoms with Gasteiger partial charge in [0.15, 0.2) is 0 Å². The van der Waals surface area contributed by atoms with Gasteiger partial charge in [0.25, 0.3) is 0 Å². The molecular weight excluding hydrogens is 588 g/mol. The molecule has 5 fully saturated rings. The molecule has 5 rings (SSSR count). The van der Waals surface area contributed by atoms with Gasteiger partial charge in [-0.05, 0) is 115 Å². The van der Waals surface area contributed by atoms with Crippen LogP contribution in [0.2, 0.25) is 0 Å². The predicted octanol–water partition coefficient (Wildman–Crippen LogP) is 3.17. The molecule has 0 aromatic rings. The normalized spacial score (nSPS) is 31.4. The SMILES string of the molecule is NCC1CCC(C(=O)N2CCN(C(=O)OC3CCCC(OC(=O)N4CCN(C(=O)C5CCC(CN)CC5)CC4)CCC3)CC2)CC1. The number of carbonyl (C=O) groups excluding carboxylic acids is 4. The smallest absolute Gasteiger partial charge is 0.410 e. The Balaban J connectivity index is 0.954. The fraction of sp³-hybridized carbons (Fsp3) is 0.882. The predicted molar refractivity (Wildman–Crippen MR) is 174 cm³/mol. The monoisotopic (exact) mass is 646 g/mol. The largest absolute Gasteiger partial charge is 0.446 e. The fourth-order valence-electron chi connectivity index (χ4n) is 8.13. The van der Waals surface area contributed by atoms with Gasteiger partial charge >= 0.3 is 12.2 Å². The lowest BCUT2D eigenvalue weighted by molar-refractivity contribution is -0.139. The van der Waals surface area contributed by atoms with Crippen molar-refractivity contribution in [1.29, 1.82) is 0 Å². The number of nitrogens with zero attached hydrogens (tertiary/aromatic N) is 4. The van der Waals surface area contributed by atoms with E-state index in [1.807, 2.05) is 9.80 Å². The number of hydrogen-bond acceptors (Lipinski definition) is 8. The van der Waals surface area contributed by atoms with Crippen LogP contribution in [0.4, 0.5) is 9.59 Å². The number of rotatable bonds is 6. The zero-order chi connectivity index (χ0) is 32.5. The molecule has 0 unspecified atom stereocenters. The van der Waals surface area contributed by atoms with Crippen molar-refractivity contribution in [2.75, 3.05) is 65.4 Å². The first-order chi connectivity index (χ1) is 22.3. The minimum Gasteiger partial charge on any atom is -0.446 e. The van der Waals surface area contributed by atoms with Gasteiger partial charge in [-0.15, -0.1) is 0 Å². The first kappa shape index (κ1) is 34.7. The Hall–Kier alpha value is -2.60. The molecule has 12 nitrogen and oxygen atoms in total. The summed E-state index contributed by atoms with van der Waals surface area (Å²) in [6.45, 7) is 5.67. The lowest BCUT2D eigenvalue weighted by atomic mass is 9.81. The Morgan fingerprint density at radius 1 is 0.457 bits per heavy atom. The fourth-order valence-corrected chi connectivity index (χ4v) is 8.13. The second-order valence-electron chi connectivity index (χ2n) is 14.4. The van der Waals surface area contributed by atoms with E-state index >= 15 is 0 Å². The maximum atomic E-state index is 13.0. The molecule has 3 saturated carbocycles. The van der Waals surface area contributed by atoms with Gasteiger partial charge in [0, 0.05) is 64.2 Å². The summed E-state index contributed by atoms with van der Waals surface area (Å²) in [5.74, 6) is 1.74. The Labute approximate surface area is 274 Å². The van der Waals surface area contributed by atoms with Gasteiger partial charge in [0.05, 0.1) is 0 Å². The van der Waals surface area contributed by atoms with Crippen LogP contribution < -0.4 is 11.5 Å². The number of piperazine rings is 2. The minimum absolute atomic E-state index is 0.0944. The van der Waals surface area contributed by atoms with Crippen molar-refractivity contribution in [2.45, 2.75) is 102 Å². The summed E-state index contributed by atoms with van der Waals surface area (Å²) in [6.07, 6.45) is 11.6. The Bertz CT molecular complexity index is 926.